The van der Waals surface area contributed by atoms with Crippen LogP contribution in [0.1, 0.15) is 36.9 Å². The molecule has 0 aliphatic heterocycles. The second kappa shape index (κ2) is 5.09. The van der Waals surface area contributed by atoms with Gasteiger partial charge in [-0.05, 0) is 11.6 Å². The lowest BCUT2D eigenvalue weighted by Crippen LogP contribution is -2.14. The lowest BCUT2D eigenvalue weighted by atomic mass is 9.90. The number of nitrogens with zero attached hydrogens (tertiary/aromatic N) is 1. The Morgan fingerprint density at radius 3 is 2.45 bits per heavy atom. The Balaban J connectivity index is 2.46. The third-order valence-corrected chi connectivity index (χ3v) is 3.73. The van der Waals surface area contributed by atoms with E-state index in [1.54, 1.807) is 0 Å². The molecule has 108 valence electrons. The molecule has 1 heterocycles. The minimum absolute atomic E-state index is 0.0309. The average molecular weight is 300 g/mol. The van der Waals surface area contributed by atoms with Crippen molar-refractivity contribution in [3.05, 3.63) is 45.7 Å². The molecule has 2 aromatic rings. The molecule has 0 aliphatic rings. The zero-order chi connectivity index (χ0) is 15.1. The predicted molar refractivity (Wildman–Crippen MR) is 74.3 cm³/mol. The first kappa shape index (κ1) is 14.8. The van der Waals surface area contributed by atoms with Gasteiger partial charge in [-0.15, -0.1) is 11.3 Å². The van der Waals surface area contributed by atoms with Crippen LogP contribution < -0.4 is 5.73 Å². The van der Waals surface area contributed by atoms with E-state index in [4.69, 9.17) is 5.73 Å². The molecule has 2 rings (SSSR count). The van der Waals surface area contributed by atoms with Crippen molar-refractivity contribution in [2.24, 2.45) is 0 Å². The Labute approximate surface area is 119 Å². The number of nitrogen functional groups attached to an aromatic ring is 1. The molecule has 1 aromatic heterocycles. The highest BCUT2D eigenvalue weighted by atomic mass is 32.1. The maximum atomic E-state index is 13.7. The molecule has 6 heteroatoms. The Hall–Kier alpha value is -1.56. The number of hydrogen-bond acceptors (Lipinski definition) is 3. The van der Waals surface area contributed by atoms with Crippen LogP contribution in [0.5, 0.6) is 0 Å². The van der Waals surface area contributed by atoms with Gasteiger partial charge in [-0.25, -0.2) is 18.2 Å². The van der Waals surface area contributed by atoms with Crippen LogP contribution in [0.2, 0.25) is 0 Å². The molecule has 2 N–H and O–H groups in total. The molecule has 0 saturated carbocycles. The van der Waals surface area contributed by atoms with E-state index in [9.17, 15) is 13.2 Å². The zero-order valence-electron chi connectivity index (χ0n) is 11.4. The van der Waals surface area contributed by atoms with Gasteiger partial charge in [-0.1, -0.05) is 20.8 Å². The molecule has 0 unspecified atom stereocenters. The third-order valence-electron chi connectivity index (χ3n) is 2.84. The molecular formula is C14H15F3N2S. The Kier molecular flexibility index (Phi) is 3.77. The second-order valence-electron chi connectivity index (χ2n) is 5.61. The van der Waals surface area contributed by atoms with Gasteiger partial charge in [0.2, 0.25) is 0 Å². The minimum Gasteiger partial charge on any atom is -0.375 e. The molecule has 1 aromatic carbocycles. The van der Waals surface area contributed by atoms with Crippen LogP contribution >= 0.6 is 11.3 Å². The van der Waals surface area contributed by atoms with Gasteiger partial charge in [-0.3, -0.25) is 0 Å². The molecule has 20 heavy (non-hydrogen) atoms. The lowest BCUT2D eigenvalue weighted by Gasteiger charge is -2.17. The number of benzene rings is 1. The Morgan fingerprint density at radius 1 is 1.20 bits per heavy atom. The summed E-state index contributed by atoms with van der Waals surface area (Å²) in [6.45, 7) is 5.86. The van der Waals surface area contributed by atoms with Crippen LogP contribution in [0.25, 0.3) is 0 Å². The van der Waals surface area contributed by atoms with Crippen molar-refractivity contribution in [3.63, 3.8) is 0 Å². The molecule has 0 aliphatic carbocycles. The van der Waals surface area contributed by atoms with E-state index in [1.165, 1.54) is 11.3 Å². The first-order valence-electron chi connectivity index (χ1n) is 6.07. The zero-order valence-corrected chi connectivity index (χ0v) is 12.2. The smallest absolute Gasteiger partial charge is 0.180 e. The van der Waals surface area contributed by atoms with Crippen molar-refractivity contribution in [2.75, 3.05) is 5.73 Å². The summed E-state index contributed by atoms with van der Waals surface area (Å²) in [5, 5.41) is 0.363. The normalized spacial score (nSPS) is 11.9. The average Bonchev–Trinajstić information content (AvgIpc) is 2.66. The predicted octanol–water partition coefficient (Wildman–Crippen LogP) is 4.03. The molecule has 0 amide bonds. The number of nitrogens with two attached hydrogens (primary N) is 1. The van der Waals surface area contributed by atoms with Gasteiger partial charge in [0, 0.05) is 22.8 Å². The van der Waals surface area contributed by atoms with E-state index < -0.39 is 17.5 Å². The monoisotopic (exact) mass is 300 g/mol. The first-order chi connectivity index (χ1) is 9.18. The fourth-order valence-electron chi connectivity index (χ4n) is 1.99. The molecule has 0 spiro atoms. The molecule has 2 nitrogen and oxygen atoms in total. The number of aromatic nitrogens is 1. The fraction of sp³-hybridized carbons (Fsp3) is 0.357. The molecular weight excluding hydrogens is 285 g/mol. The summed E-state index contributed by atoms with van der Waals surface area (Å²) < 4.78 is 40.2. The van der Waals surface area contributed by atoms with Crippen LogP contribution in [-0.2, 0) is 11.8 Å². The highest BCUT2D eigenvalue weighted by molar-refractivity contribution is 7.15. The summed E-state index contributed by atoms with van der Waals surface area (Å²) in [6, 6.07) is 1.53. The van der Waals surface area contributed by atoms with Crippen molar-refractivity contribution in [2.45, 2.75) is 32.6 Å². The van der Waals surface area contributed by atoms with Crippen LogP contribution in [0.15, 0.2) is 12.1 Å². The van der Waals surface area contributed by atoms with Crippen LogP contribution in [0.3, 0.4) is 0 Å². The largest absolute Gasteiger partial charge is 0.375 e. The topological polar surface area (TPSA) is 38.9 Å². The maximum Gasteiger partial charge on any atom is 0.180 e. The van der Waals surface area contributed by atoms with E-state index in [-0.39, 0.29) is 17.4 Å². The molecule has 0 fully saturated rings. The Bertz CT molecular complexity index is 645. The molecule has 0 saturated heterocycles. The number of thiazole rings is 1. The maximum absolute atomic E-state index is 13.7. The van der Waals surface area contributed by atoms with Gasteiger partial charge in [0.1, 0.15) is 5.82 Å². The Morgan fingerprint density at radius 2 is 1.85 bits per heavy atom. The third kappa shape index (κ3) is 2.95. The fourth-order valence-corrected chi connectivity index (χ4v) is 3.05. The molecule has 0 radical (unpaired) electrons. The van der Waals surface area contributed by atoms with Crippen molar-refractivity contribution in [1.82, 2.24) is 4.98 Å². The number of anilines is 1. The van der Waals surface area contributed by atoms with E-state index in [1.807, 2.05) is 20.8 Å². The van der Waals surface area contributed by atoms with Crippen LogP contribution in [-0.4, -0.2) is 4.98 Å². The lowest BCUT2D eigenvalue weighted by molar-refractivity contribution is 0.486. The van der Waals surface area contributed by atoms with Gasteiger partial charge >= 0.3 is 0 Å². The van der Waals surface area contributed by atoms with Gasteiger partial charge in [0.15, 0.2) is 16.8 Å². The van der Waals surface area contributed by atoms with Gasteiger partial charge in [0.25, 0.3) is 0 Å². The van der Waals surface area contributed by atoms with Crippen LogP contribution in [0, 0.1) is 17.5 Å². The standard InChI is InChI=1S/C14H15F3N2S/c1-14(2,3)12-10(20-13(18)19-12)5-7-4-8(15)6-9(16)11(7)17/h4,6H,5H2,1-3H3,(H2,18,19). The van der Waals surface area contributed by atoms with E-state index in [0.29, 0.717) is 11.2 Å². The van der Waals surface area contributed by atoms with Crippen molar-refractivity contribution < 1.29 is 13.2 Å². The molecule has 0 atom stereocenters. The second-order valence-corrected chi connectivity index (χ2v) is 6.73. The summed E-state index contributed by atoms with van der Waals surface area (Å²) in [5.74, 6) is -3.01. The summed E-state index contributed by atoms with van der Waals surface area (Å²) >= 11 is 1.21. The van der Waals surface area contributed by atoms with E-state index in [2.05, 4.69) is 4.98 Å². The highest BCUT2D eigenvalue weighted by Crippen LogP contribution is 2.33. The number of rotatable bonds is 2. The summed E-state index contributed by atoms with van der Waals surface area (Å²) in [4.78, 5) is 4.96. The number of hydrogen-bond donors (Lipinski definition) is 1. The summed E-state index contributed by atoms with van der Waals surface area (Å²) in [5.41, 5.74) is 6.12. The number of halogens is 3. The minimum atomic E-state index is -1.19. The SMILES string of the molecule is CC(C)(C)c1nc(N)sc1Cc1cc(F)cc(F)c1F. The van der Waals surface area contributed by atoms with Crippen LogP contribution in [0.4, 0.5) is 18.3 Å². The van der Waals surface area contributed by atoms with E-state index >= 15 is 0 Å². The van der Waals surface area contributed by atoms with Crippen molar-refractivity contribution in [1.29, 1.82) is 0 Å². The summed E-state index contributed by atoms with van der Waals surface area (Å²) in [6.07, 6.45) is 0.0714. The quantitative estimate of drug-likeness (QED) is 0.850. The van der Waals surface area contributed by atoms with Gasteiger partial charge < -0.3 is 5.73 Å². The first-order valence-corrected chi connectivity index (χ1v) is 6.89. The van der Waals surface area contributed by atoms with Crippen molar-refractivity contribution >= 4 is 16.5 Å². The van der Waals surface area contributed by atoms with Gasteiger partial charge in [-0.2, -0.15) is 0 Å². The highest BCUT2D eigenvalue weighted by Gasteiger charge is 2.24. The molecule has 0 bridgehead atoms. The van der Waals surface area contributed by atoms with E-state index in [0.717, 1.165) is 16.6 Å². The van der Waals surface area contributed by atoms with Gasteiger partial charge in [0.05, 0.1) is 5.69 Å². The summed E-state index contributed by atoms with van der Waals surface area (Å²) in [7, 11) is 0. The van der Waals surface area contributed by atoms with Crippen molar-refractivity contribution in [3.8, 4) is 0 Å².